The Balaban J connectivity index is 1.34. The van der Waals surface area contributed by atoms with E-state index in [-0.39, 0.29) is 12.5 Å². The van der Waals surface area contributed by atoms with Gasteiger partial charge in [0.15, 0.2) is 0 Å². The summed E-state index contributed by atoms with van der Waals surface area (Å²) >= 11 is 0. The van der Waals surface area contributed by atoms with Gasteiger partial charge in [-0.1, -0.05) is 72.8 Å². The highest BCUT2D eigenvalue weighted by molar-refractivity contribution is 6.09. The number of carbonyl (C=O) groups is 3. The van der Waals surface area contributed by atoms with Crippen LogP contribution >= 0.6 is 0 Å². The van der Waals surface area contributed by atoms with E-state index in [4.69, 9.17) is 0 Å². The van der Waals surface area contributed by atoms with Crippen LogP contribution in [0.25, 0.3) is 10.8 Å². The molecule has 0 aromatic heterocycles. The smallest absolute Gasteiger partial charge is 0.325 e. The third kappa shape index (κ3) is 3.76. The average molecular weight is 401 g/mol. The lowest BCUT2D eigenvalue weighted by Crippen LogP contribution is -2.43. The molecular formula is C24H23N3O3. The first kappa shape index (κ1) is 19.6. The summed E-state index contributed by atoms with van der Waals surface area (Å²) in [4.78, 5) is 38.5. The molecule has 6 heteroatoms. The lowest BCUT2D eigenvalue weighted by atomic mass is 9.92. The molecule has 1 saturated heterocycles. The predicted molar refractivity (Wildman–Crippen MR) is 115 cm³/mol. The number of hydrogen-bond donors (Lipinski definition) is 2. The lowest BCUT2D eigenvalue weighted by molar-refractivity contribution is -0.134. The Hall–Kier alpha value is -3.67. The van der Waals surface area contributed by atoms with Crippen LogP contribution in [0.15, 0.2) is 72.8 Å². The van der Waals surface area contributed by atoms with Crippen LogP contribution in [0.4, 0.5) is 4.79 Å². The van der Waals surface area contributed by atoms with Crippen LogP contribution in [0.5, 0.6) is 0 Å². The number of nitrogens with zero attached hydrogens (tertiary/aromatic N) is 1. The van der Waals surface area contributed by atoms with Gasteiger partial charge >= 0.3 is 6.03 Å². The van der Waals surface area contributed by atoms with Crippen LogP contribution in [-0.4, -0.2) is 35.8 Å². The van der Waals surface area contributed by atoms with E-state index in [1.165, 1.54) is 5.39 Å². The van der Waals surface area contributed by atoms with E-state index in [1.807, 2.05) is 36.4 Å². The van der Waals surface area contributed by atoms with Crippen LogP contribution in [0, 0.1) is 0 Å². The first-order valence-electron chi connectivity index (χ1n) is 9.91. The van der Waals surface area contributed by atoms with Crippen molar-refractivity contribution in [2.75, 3.05) is 13.1 Å². The molecule has 3 aromatic rings. The first-order valence-corrected chi connectivity index (χ1v) is 9.91. The molecule has 1 aliphatic heterocycles. The van der Waals surface area contributed by atoms with Gasteiger partial charge in [0.2, 0.25) is 5.91 Å². The Morgan fingerprint density at radius 2 is 1.67 bits per heavy atom. The van der Waals surface area contributed by atoms with Gasteiger partial charge in [0.05, 0.1) is 0 Å². The van der Waals surface area contributed by atoms with Crippen molar-refractivity contribution in [3.63, 3.8) is 0 Å². The fraction of sp³-hybridized carbons (Fsp3) is 0.208. The summed E-state index contributed by atoms with van der Waals surface area (Å²) in [6.45, 7) is 1.78. The average Bonchev–Trinajstić information content (AvgIpc) is 2.98. The van der Waals surface area contributed by atoms with Gasteiger partial charge in [-0.15, -0.1) is 0 Å². The van der Waals surface area contributed by atoms with Gasteiger partial charge in [-0.3, -0.25) is 14.5 Å². The van der Waals surface area contributed by atoms with E-state index in [0.29, 0.717) is 18.5 Å². The Labute approximate surface area is 174 Å². The fourth-order valence-electron chi connectivity index (χ4n) is 3.75. The second-order valence-electron chi connectivity index (χ2n) is 7.59. The van der Waals surface area contributed by atoms with Crippen molar-refractivity contribution >= 4 is 28.6 Å². The number of nitrogens with one attached hydrogen (secondary N) is 2. The zero-order chi connectivity index (χ0) is 21.1. The monoisotopic (exact) mass is 401 g/mol. The molecule has 0 saturated carbocycles. The SMILES string of the molecule is CC1(c2ccccc2)NC(=O)N(CC(=O)NCCc2ccc3ccccc3c2)C1=O. The van der Waals surface area contributed by atoms with E-state index in [9.17, 15) is 14.4 Å². The van der Waals surface area contributed by atoms with Gasteiger partial charge in [-0.2, -0.15) is 0 Å². The van der Waals surface area contributed by atoms with Crippen LogP contribution in [0.2, 0.25) is 0 Å². The molecule has 0 radical (unpaired) electrons. The summed E-state index contributed by atoms with van der Waals surface area (Å²) in [7, 11) is 0. The highest BCUT2D eigenvalue weighted by Crippen LogP contribution is 2.28. The second kappa shape index (κ2) is 7.99. The van der Waals surface area contributed by atoms with Crippen molar-refractivity contribution < 1.29 is 14.4 Å². The fourth-order valence-corrected chi connectivity index (χ4v) is 3.75. The number of benzene rings is 3. The molecule has 3 aromatic carbocycles. The highest BCUT2D eigenvalue weighted by atomic mass is 16.2. The highest BCUT2D eigenvalue weighted by Gasteiger charge is 2.49. The predicted octanol–water partition coefficient (Wildman–Crippen LogP) is 2.97. The minimum atomic E-state index is -1.16. The lowest BCUT2D eigenvalue weighted by Gasteiger charge is -2.22. The minimum Gasteiger partial charge on any atom is -0.354 e. The van der Waals surface area contributed by atoms with Crippen molar-refractivity contribution in [2.24, 2.45) is 0 Å². The van der Waals surface area contributed by atoms with Crippen LogP contribution in [-0.2, 0) is 21.5 Å². The van der Waals surface area contributed by atoms with Gasteiger partial charge in [0.25, 0.3) is 5.91 Å². The maximum Gasteiger partial charge on any atom is 0.325 e. The Morgan fingerprint density at radius 1 is 0.967 bits per heavy atom. The molecule has 1 aliphatic rings. The largest absolute Gasteiger partial charge is 0.354 e. The van der Waals surface area contributed by atoms with Gasteiger partial charge in [0, 0.05) is 6.54 Å². The maximum atomic E-state index is 12.9. The summed E-state index contributed by atoms with van der Waals surface area (Å²) in [5.74, 6) is -0.792. The molecule has 1 fully saturated rings. The number of fused-ring (bicyclic) bond motifs is 1. The van der Waals surface area contributed by atoms with Crippen LogP contribution in [0.1, 0.15) is 18.1 Å². The molecule has 4 amide bonds. The zero-order valence-electron chi connectivity index (χ0n) is 16.7. The molecule has 0 bridgehead atoms. The number of imide groups is 1. The number of rotatable bonds is 6. The molecule has 4 rings (SSSR count). The summed E-state index contributed by atoms with van der Waals surface area (Å²) < 4.78 is 0. The Kier molecular flexibility index (Phi) is 5.23. The molecule has 30 heavy (non-hydrogen) atoms. The summed E-state index contributed by atoms with van der Waals surface area (Å²) in [6.07, 6.45) is 0.665. The molecule has 1 unspecified atom stereocenters. The third-order valence-corrected chi connectivity index (χ3v) is 5.48. The van der Waals surface area contributed by atoms with Gasteiger partial charge in [-0.05, 0) is 35.2 Å². The zero-order valence-corrected chi connectivity index (χ0v) is 16.7. The molecule has 0 spiro atoms. The van der Waals surface area contributed by atoms with Crippen LogP contribution in [0.3, 0.4) is 0 Å². The molecule has 152 valence electrons. The number of carbonyl (C=O) groups excluding carboxylic acids is 3. The molecule has 2 N–H and O–H groups in total. The summed E-state index contributed by atoms with van der Waals surface area (Å²) in [5.41, 5.74) is 0.632. The van der Waals surface area contributed by atoms with Crippen molar-refractivity contribution in [2.45, 2.75) is 18.9 Å². The number of urea groups is 1. The van der Waals surface area contributed by atoms with Crippen molar-refractivity contribution in [1.82, 2.24) is 15.5 Å². The minimum absolute atomic E-state index is 0.301. The van der Waals surface area contributed by atoms with E-state index in [1.54, 1.807) is 19.1 Å². The standard InChI is InChI=1S/C24H23N3O3/c1-24(20-9-3-2-4-10-20)22(29)27(23(30)26-24)16-21(28)25-14-13-17-11-12-18-7-5-6-8-19(18)15-17/h2-12,15H,13-14,16H2,1H3,(H,25,28)(H,26,30). The number of hydrogen-bond acceptors (Lipinski definition) is 3. The molecule has 6 nitrogen and oxygen atoms in total. The molecule has 0 aliphatic carbocycles. The van der Waals surface area contributed by atoms with E-state index >= 15 is 0 Å². The van der Waals surface area contributed by atoms with E-state index in [0.717, 1.165) is 15.8 Å². The quantitative estimate of drug-likeness (QED) is 0.624. The summed E-state index contributed by atoms with van der Waals surface area (Å²) in [6, 6.07) is 22.8. The van der Waals surface area contributed by atoms with Crippen molar-refractivity contribution in [1.29, 1.82) is 0 Å². The van der Waals surface area contributed by atoms with E-state index in [2.05, 4.69) is 34.9 Å². The summed E-state index contributed by atoms with van der Waals surface area (Å²) in [5, 5.41) is 7.83. The molecular weight excluding hydrogens is 378 g/mol. The normalized spacial score (nSPS) is 18.5. The molecule has 1 atom stereocenters. The van der Waals surface area contributed by atoms with Gasteiger partial charge in [0.1, 0.15) is 12.1 Å². The van der Waals surface area contributed by atoms with Crippen molar-refractivity contribution in [3.05, 3.63) is 83.9 Å². The Bertz CT molecular complexity index is 1110. The van der Waals surface area contributed by atoms with Gasteiger partial charge in [-0.25, -0.2) is 4.79 Å². The Morgan fingerprint density at radius 3 is 2.43 bits per heavy atom. The molecule has 1 heterocycles. The van der Waals surface area contributed by atoms with Crippen LogP contribution < -0.4 is 10.6 Å². The number of amides is 4. The van der Waals surface area contributed by atoms with E-state index < -0.39 is 17.5 Å². The van der Waals surface area contributed by atoms with Crippen molar-refractivity contribution in [3.8, 4) is 0 Å². The topological polar surface area (TPSA) is 78.5 Å². The first-order chi connectivity index (χ1) is 14.5. The van der Waals surface area contributed by atoms with Gasteiger partial charge < -0.3 is 10.6 Å². The third-order valence-electron chi connectivity index (χ3n) is 5.48. The second-order valence-corrected chi connectivity index (χ2v) is 7.59. The maximum absolute atomic E-state index is 12.9.